The lowest BCUT2D eigenvalue weighted by Crippen LogP contribution is -2.46. The number of aromatic carboxylic acids is 1. The van der Waals surface area contributed by atoms with E-state index in [-0.39, 0.29) is 28.8 Å². The summed E-state index contributed by atoms with van der Waals surface area (Å²) in [5, 5.41) is 11.8. The number of hydrogen-bond acceptors (Lipinski definition) is 4. The number of aromatic nitrogens is 1. The van der Waals surface area contributed by atoms with Crippen LogP contribution in [0.25, 0.3) is 0 Å². The van der Waals surface area contributed by atoms with Crippen LogP contribution in [0.1, 0.15) is 44.0 Å². The van der Waals surface area contributed by atoms with E-state index in [0.29, 0.717) is 25.9 Å². The Labute approximate surface area is 154 Å². The molecule has 0 spiro atoms. The predicted molar refractivity (Wildman–Crippen MR) is 94.0 cm³/mol. The van der Waals surface area contributed by atoms with Gasteiger partial charge in [-0.1, -0.05) is 12.1 Å². The monoisotopic (exact) mass is 371 g/mol. The van der Waals surface area contributed by atoms with Crippen molar-refractivity contribution in [1.82, 2.24) is 15.2 Å². The lowest BCUT2D eigenvalue weighted by Gasteiger charge is -2.32. The Kier molecular flexibility index (Phi) is 5.44. The summed E-state index contributed by atoms with van der Waals surface area (Å²) in [5.74, 6) is -2.51. The summed E-state index contributed by atoms with van der Waals surface area (Å²) in [6.45, 7) is 0.795. The number of carboxylic acid groups (broad SMARTS) is 1. The third kappa shape index (κ3) is 4.28. The topological polar surface area (TPSA) is 99.6 Å². The molecule has 0 aliphatic carbocycles. The van der Waals surface area contributed by atoms with Crippen LogP contribution in [0, 0.1) is 5.82 Å². The molecule has 0 saturated carbocycles. The number of nitrogens with zero attached hydrogens (tertiary/aromatic N) is 2. The summed E-state index contributed by atoms with van der Waals surface area (Å²) in [6.07, 6.45) is 2.33. The number of carbonyl (C=O) groups is 3. The van der Waals surface area contributed by atoms with Gasteiger partial charge < -0.3 is 15.3 Å². The maximum absolute atomic E-state index is 13.8. The lowest BCUT2D eigenvalue weighted by molar-refractivity contribution is 0.0683. The molecule has 2 heterocycles. The highest BCUT2D eigenvalue weighted by Gasteiger charge is 2.26. The van der Waals surface area contributed by atoms with Crippen molar-refractivity contribution in [2.24, 2.45) is 0 Å². The molecular weight excluding hydrogens is 353 g/mol. The molecule has 2 amide bonds. The Morgan fingerprint density at radius 3 is 2.52 bits per heavy atom. The van der Waals surface area contributed by atoms with Crippen LogP contribution in [-0.2, 0) is 0 Å². The highest BCUT2D eigenvalue weighted by molar-refractivity contribution is 5.97. The molecule has 8 heteroatoms. The minimum Gasteiger partial charge on any atom is -0.477 e. The smallest absolute Gasteiger partial charge is 0.354 e. The fraction of sp³-hybridized carbons (Fsp3) is 0.263. The van der Waals surface area contributed by atoms with E-state index in [1.807, 2.05) is 0 Å². The highest BCUT2D eigenvalue weighted by Crippen LogP contribution is 2.16. The van der Waals surface area contributed by atoms with Crippen molar-refractivity contribution in [3.8, 4) is 0 Å². The van der Waals surface area contributed by atoms with Crippen LogP contribution in [0.15, 0.2) is 42.6 Å². The molecule has 7 nitrogen and oxygen atoms in total. The minimum atomic E-state index is -1.20. The fourth-order valence-corrected chi connectivity index (χ4v) is 2.99. The second-order valence-corrected chi connectivity index (χ2v) is 6.25. The van der Waals surface area contributed by atoms with Gasteiger partial charge in [0, 0.05) is 30.9 Å². The van der Waals surface area contributed by atoms with Crippen LogP contribution in [0.4, 0.5) is 4.39 Å². The first-order chi connectivity index (χ1) is 13.0. The number of halogens is 1. The van der Waals surface area contributed by atoms with Gasteiger partial charge in [-0.2, -0.15) is 0 Å². The number of hydrogen-bond donors (Lipinski definition) is 2. The van der Waals surface area contributed by atoms with E-state index in [2.05, 4.69) is 10.3 Å². The Hall–Kier alpha value is -3.29. The Morgan fingerprint density at radius 1 is 1.15 bits per heavy atom. The van der Waals surface area contributed by atoms with Gasteiger partial charge in [0.25, 0.3) is 11.8 Å². The molecule has 0 bridgehead atoms. The van der Waals surface area contributed by atoms with Crippen molar-refractivity contribution in [2.45, 2.75) is 18.9 Å². The molecule has 1 aromatic carbocycles. The SMILES string of the molecule is O=C(NC1CCN(C(=O)c2ccccc2F)CC1)c1ccnc(C(=O)O)c1. The number of likely N-dealkylation sites (tertiary alicyclic amines) is 1. The molecule has 2 N–H and O–H groups in total. The first kappa shape index (κ1) is 18.5. The van der Waals surface area contributed by atoms with Crippen LogP contribution in [0.3, 0.4) is 0 Å². The van der Waals surface area contributed by atoms with E-state index in [4.69, 9.17) is 5.11 Å². The van der Waals surface area contributed by atoms with Gasteiger partial charge in [-0.15, -0.1) is 0 Å². The van der Waals surface area contributed by atoms with Crippen LogP contribution < -0.4 is 5.32 Å². The third-order valence-corrected chi connectivity index (χ3v) is 4.46. The Bertz CT molecular complexity index is 879. The van der Waals surface area contributed by atoms with Gasteiger partial charge in [-0.3, -0.25) is 9.59 Å². The summed E-state index contributed by atoms with van der Waals surface area (Å²) < 4.78 is 13.8. The highest BCUT2D eigenvalue weighted by atomic mass is 19.1. The molecule has 0 atom stereocenters. The van der Waals surface area contributed by atoms with Gasteiger partial charge >= 0.3 is 5.97 Å². The molecule has 1 aliphatic rings. The van der Waals surface area contributed by atoms with Crippen LogP contribution in [0.2, 0.25) is 0 Å². The molecule has 1 saturated heterocycles. The number of carbonyl (C=O) groups excluding carboxylic acids is 2. The predicted octanol–water partition coefficient (Wildman–Crippen LogP) is 1.95. The summed E-state index contributed by atoms with van der Waals surface area (Å²) in [5.41, 5.74) is 0.0539. The third-order valence-electron chi connectivity index (χ3n) is 4.46. The van der Waals surface area contributed by atoms with E-state index >= 15 is 0 Å². The number of carboxylic acids is 1. The zero-order valence-corrected chi connectivity index (χ0v) is 14.4. The molecular formula is C19H18FN3O4. The van der Waals surface area contributed by atoms with E-state index in [1.54, 1.807) is 11.0 Å². The molecule has 140 valence electrons. The first-order valence-corrected chi connectivity index (χ1v) is 8.49. The number of rotatable bonds is 4. The lowest BCUT2D eigenvalue weighted by atomic mass is 10.0. The molecule has 1 fully saturated rings. The molecule has 2 aromatic rings. The Balaban J connectivity index is 1.57. The summed E-state index contributed by atoms with van der Waals surface area (Å²) in [7, 11) is 0. The van der Waals surface area contributed by atoms with Gasteiger partial charge in [0.1, 0.15) is 11.5 Å². The standard InChI is InChI=1S/C19H18FN3O4/c20-15-4-2-1-3-14(15)18(25)23-9-6-13(7-10-23)22-17(24)12-5-8-21-16(11-12)19(26)27/h1-5,8,11,13H,6-7,9-10H2,(H,22,24)(H,26,27). The average Bonchev–Trinajstić information content (AvgIpc) is 2.68. The number of amides is 2. The van der Waals surface area contributed by atoms with Crippen molar-refractivity contribution in [1.29, 1.82) is 0 Å². The van der Waals surface area contributed by atoms with E-state index in [0.717, 1.165) is 0 Å². The second-order valence-electron chi connectivity index (χ2n) is 6.25. The van der Waals surface area contributed by atoms with Crippen molar-refractivity contribution in [3.05, 3.63) is 65.2 Å². The zero-order valence-electron chi connectivity index (χ0n) is 14.4. The van der Waals surface area contributed by atoms with Gasteiger partial charge in [-0.25, -0.2) is 14.2 Å². The largest absolute Gasteiger partial charge is 0.477 e. The van der Waals surface area contributed by atoms with Crippen molar-refractivity contribution < 1.29 is 23.9 Å². The fourth-order valence-electron chi connectivity index (χ4n) is 2.99. The first-order valence-electron chi connectivity index (χ1n) is 8.49. The van der Waals surface area contributed by atoms with Crippen molar-refractivity contribution in [3.63, 3.8) is 0 Å². The van der Waals surface area contributed by atoms with E-state index in [1.165, 1.54) is 36.5 Å². The summed E-state index contributed by atoms with van der Waals surface area (Å²) in [6, 6.07) is 8.36. The summed E-state index contributed by atoms with van der Waals surface area (Å²) >= 11 is 0. The van der Waals surface area contributed by atoms with Gasteiger partial charge in [0.15, 0.2) is 0 Å². The maximum atomic E-state index is 13.8. The van der Waals surface area contributed by atoms with Crippen LogP contribution >= 0.6 is 0 Å². The van der Waals surface area contributed by atoms with Gasteiger partial charge in [-0.05, 0) is 37.1 Å². The second kappa shape index (κ2) is 7.94. The summed E-state index contributed by atoms with van der Waals surface area (Å²) in [4.78, 5) is 40.9. The van der Waals surface area contributed by atoms with Crippen molar-refractivity contribution >= 4 is 17.8 Å². The minimum absolute atomic E-state index is 0.0398. The average molecular weight is 371 g/mol. The number of nitrogens with one attached hydrogen (secondary N) is 1. The van der Waals surface area contributed by atoms with Crippen LogP contribution in [0.5, 0.6) is 0 Å². The maximum Gasteiger partial charge on any atom is 0.354 e. The quantitative estimate of drug-likeness (QED) is 0.856. The molecule has 0 unspecified atom stereocenters. The van der Waals surface area contributed by atoms with Crippen molar-refractivity contribution in [2.75, 3.05) is 13.1 Å². The number of pyridine rings is 1. The van der Waals surface area contributed by atoms with Gasteiger partial charge in [0.2, 0.25) is 0 Å². The van der Waals surface area contributed by atoms with Gasteiger partial charge in [0.05, 0.1) is 5.56 Å². The van der Waals surface area contributed by atoms with Crippen LogP contribution in [-0.4, -0.2) is 51.9 Å². The Morgan fingerprint density at radius 2 is 1.85 bits per heavy atom. The van der Waals surface area contributed by atoms with E-state index < -0.39 is 17.7 Å². The van der Waals surface area contributed by atoms with E-state index in [9.17, 15) is 18.8 Å². The molecule has 27 heavy (non-hydrogen) atoms. The molecule has 1 aliphatic heterocycles. The molecule has 1 aromatic heterocycles. The number of piperidine rings is 1. The normalized spacial score (nSPS) is 14.6. The molecule has 3 rings (SSSR count). The number of benzene rings is 1. The molecule has 0 radical (unpaired) electrons. The zero-order chi connectivity index (χ0) is 19.4.